The van der Waals surface area contributed by atoms with Crippen LogP contribution in [0.25, 0.3) is 0 Å². The van der Waals surface area contributed by atoms with Gasteiger partial charge in [0.05, 0.1) is 6.10 Å². The molecule has 2 aliphatic rings. The monoisotopic (exact) mass is 377 g/mol. The van der Waals surface area contributed by atoms with Crippen LogP contribution in [0.2, 0.25) is 0 Å². The number of benzene rings is 2. The van der Waals surface area contributed by atoms with Crippen LogP contribution in [0.5, 0.6) is 5.75 Å². The van der Waals surface area contributed by atoms with Gasteiger partial charge < -0.3 is 9.84 Å². The van der Waals surface area contributed by atoms with E-state index in [4.69, 9.17) is 0 Å². The molecule has 1 atom stereocenters. The summed E-state index contributed by atoms with van der Waals surface area (Å²) in [5.41, 5.74) is 2.48. The smallest absolute Gasteiger partial charge is 0.406 e. The van der Waals surface area contributed by atoms with Crippen LogP contribution >= 0.6 is 0 Å². The molecule has 0 bridgehead atoms. The molecule has 3 nitrogen and oxygen atoms in total. The van der Waals surface area contributed by atoms with Gasteiger partial charge in [-0.05, 0) is 61.2 Å². The number of rotatable bonds is 3. The minimum Gasteiger partial charge on any atom is -0.406 e. The molecule has 1 saturated heterocycles. The number of piperidine rings is 1. The zero-order valence-corrected chi connectivity index (χ0v) is 14.9. The molecule has 144 valence electrons. The lowest BCUT2D eigenvalue weighted by Gasteiger charge is -2.41. The largest absolute Gasteiger partial charge is 0.573 e. The molecule has 27 heavy (non-hydrogen) atoms. The molecule has 1 spiro atoms. The highest BCUT2D eigenvalue weighted by atomic mass is 19.4. The first-order chi connectivity index (χ1) is 12.8. The Labute approximate surface area is 156 Å². The van der Waals surface area contributed by atoms with E-state index in [1.165, 1.54) is 17.7 Å². The molecule has 1 aliphatic heterocycles. The van der Waals surface area contributed by atoms with E-state index in [9.17, 15) is 18.3 Å². The molecule has 1 heterocycles. The third kappa shape index (κ3) is 3.82. The fraction of sp³-hybridized carbons (Fsp3) is 0.429. The molecule has 0 saturated carbocycles. The molecular weight excluding hydrogens is 355 g/mol. The van der Waals surface area contributed by atoms with Crippen LogP contribution in [0.4, 0.5) is 13.2 Å². The predicted octanol–water partition coefficient (Wildman–Crippen LogP) is 4.46. The van der Waals surface area contributed by atoms with Gasteiger partial charge in [-0.2, -0.15) is 0 Å². The third-order valence-corrected chi connectivity index (χ3v) is 5.87. The van der Waals surface area contributed by atoms with E-state index in [-0.39, 0.29) is 11.2 Å². The Kier molecular flexibility index (Phi) is 4.64. The standard InChI is InChI=1S/C21H22F3NO2/c22-21(23,24)27-17-7-6-16-13-20(19(26)18(16)12-17)8-10-25(11-9-20)14-15-4-2-1-3-5-15/h1-7,12,19,26H,8-11,13-14H2. The van der Waals surface area contributed by atoms with E-state index in [1.54, 1.807) is 6.07 Å². The van der Waals surface area contributed by atoms with Gasteiger partial charge in [0.15, 0.2) is 0 Å². The lowest BCUT2D eigenvalue weighted by Crippen LogP contribution is -2.41. The molecule has 0 amide bonds. The number of hydrogen-bond acceptors (Lipinski definition) is 3. The van der Waals surface area contributed by atoms with Crippen LogP contribution in [-0.4, -0.2) is 29.5 Å². The number of ether oxygens (including phenoxy) is 1. The maximum atomic E-state index is 12.5. The van der Waals surface area contributed by atoms with Gasteiger partial charge in [-0.1, -0.05) is 36.4 Å². The minimum absolute atomic E-state index is 0.265. The summed E-state index contributed by atoms with van der Waals surface area (Å²) in [6, 6.07) is 14.6. The van der Waals surface area contributed by atoms with Crippen molar-refractivity contribution in [2.24, 2.45) is 5.41 Å². The summed E-state index contributed by atoms with van der Waals surface area (Å²) in [5.74, 6) is -0.265. The van der Waals surface area contributed by atoms with Crippen LogP contribution in [0.15, 0.2) is 48.5 Å². The van der Waals surface area contributed by atoms with Crippen molar-refractivity contribution in [3.05, 3.63) is 65.2 Å². The highest BCUT2D eigenvalue weighted by Gasteiger charge is 2.47. The van der Waals surface area contributed by atoms with Crippen LogP contribution in [-0.2, 0) is 13.0 Å². The predicted molar refractivity (Wildman–Crippen MR) is 95.2 cm³/mol. The highest BCUT2D eigenvalue weighted by molar-refractivity contribution is 5.42. The van der Waals surface area contributed by atoms with Crippen molar-refractivity contribution in [1.29, 1.82) is 0 Å². The first-order valence-corrected chi connectivity index (χ1v) is 9.18. The maximum absolute atomic E-state index is 12.5. The van der Waals surface area contributed by atoms with Gasteiger partial charge in [-0.15, -0.1) is 13.2 Å². The average molecular weight is 377 g/mol. The van der Waals surface area contributed by atoms with Crippen molar-refractivity contribution in [1.82, 2.24) is 4.90 Å². The molecule has 2 aromatic rings. The zero-order valence-electron chi connectivity index (χ0n) is 14.9. The number of likely N-dealkylation sites (tertiary alicyclic amines) is 1. The van der Waals surface area contributed by atoms with E-state index in [2.05, 4.69) is 21.8 Å². The topological polar surface area (TPSA) is 32.7 Å². The van der Waals surface area contributed by atoms with Crippen molar-refractivity contribution in [2.45, 2.75) is 38.3 Å². The number of aliphatic hydroxyl groups is 1. The zero-order chi connectivity index (χ0) is 19.1. The highest BCUT2D eigenvalue weighted by Crippen LogP contribution is 2.52. The fourth-order valence-electron chi connectivity index (χ4n) is 4.44. The number of alkyl halides is 3. The van der Waals surface area contributed by atoms with E-state index in [1.807, 2.05) is 18.2 Å². The molecule has 1 unspecified atom stereocenters. The lowest BCUT2D eigenvalue weighted by molar-refractivity contribution is -0.274. The Morgan fingerprint density at radius 3 is 2.44 bits per heavy atom. The minimum atomic E-state index is -4.72. The van der Waals surface area contributed by atoms with E-state index in [0.29, 0.717) is 12.0 Å². The van der Waals surface area contributed by atoms with E-state index < -0.39 is 12.5 Å². The number of aliphatic hydroxyl groups excluding tert-OH is 1. The van der Waals surface area contributed by atoms with E-state index >= 15 is 0 Å². The van der Waals surface area contributed by atoms with E-state index in [0.717, 1.165) is 38.0 Å². The van der Waals surface area contributed by atoms with Crippen molar-refractivity contribution >= 4 is 0 Å². The van der Waals surface area contributed by atoms with Crippen LogP contribution in [0, 0.1) is 5.41 Å². The average Bonchev–Trinajstić information content (AvgIpc) is 2.89. The van der Waals surface area contributed by atoms with Gasteiger partial charge in [0.1, 0.15) is 5.75 Å². The van der Waals surface area contributed by atoms with Gasteiger partial charge in [-0.25, -0.2) is 0 Å². The molecule has 2 aromatic carbocycles. The number of nitrogens with zero attached hydrogens (tertiary/aromatic N) is 1. The van der Waals surface area contributed by atoms with Gasteiger partial charge >= 0.3 is 6.36 Å². The van der Waals surface area contributed by atoms with Gasteiger partial charge in [-0.3, -0.25) is 4.90 Å². The Balaban J connectivity index is 1.44. The number of fused-ring (bicyclic) bond motifs is 1. The molecule has 0 radical (unpaired) electrons. The normalized spacial score (nSPS) is 22.0. The molecule has 1 N–H and O–H groups in total. The molecule has 0 aromatic heterocycles. The Morgan fingerprint density at radius 2 is 1.78 bits per heavy atom. The summed E-state index contributed by atoms with van der Waals surface area (Å²) in [7, 11) is 0. The first-order valence-electron chi connectivity index (χ1n) is 9.18. The van der Waals surface area contributed by atoms with Crippen LogP contribution in [0.3, 0.4) is 0 Å². The van der Waals surface area contributed by atoms with Gasteiger partial charge in [0.2, 0.25) is 0 Å². The number of halogens is 3. The van der Waals surface area contributed by atoms with Gasteiger partial charge in [0, 0.05) is 12.0 Å². The second-order valence-corrected chi connectivity index (χ2v) is 7.61. The third-order valence-electron chi connectivity index (χ3n) is 5.87. The Hall–Kier alpha value is -2.05. The quantitative estimate of drug-likeness (QED) is 0.857. The summed E-state index contributed by atoms with van der Waals surface area (Å²) in [5, 5.41) is 10.9. The van der Waals surface area contributed by atoms with Crippen molar-refractivity contribution in [3.63, 3.8) is 0 Å². The first kappa shape index (κ1) is 18.3. The van der Waals surface area contributed by atoms with Gasteiger partial charge in [0.25, 0.3) is 0 Å². The SMILES string of the molecule is OC1c2cc(OC(F)(F)F)ccc2CC12CCN(Cc1ccccc1)CC2. The van der Waals surface area contributed by atoms with Crippen LogP contribution in [0.1, 0.15) is 35.6 Å². The second kappa shape index (κ2) is 6.84. The van der Waals surface area contributed by atoms with Crippen molar-refractivity contribution in [2.75, 3.05) is 13.1 Å². The molecule has 1 fully saturated rings. The summed E-state index contributed by atoms with van der Waals surface area (Å²) in [6.07, 6.45) is -3.12. The number of hydrogen-bond donors (Lipinski definition) is 1. The molecule has 4 rings (SSSR count). The molecule has 6 heteroatoms. The fourth-order valence-corrected chi connectivity index (χ4v) is 4.44. The summed E-state index contributed by atoms with van der Waals surface area (Å²) in [6.45, 7) is 2.61. The summed E-state index contributed by atoms with van der Waals surface area (Å²) >= 11 is 0. The second-order valence-electron chi connectivity index (χ2n) is 7.61. The summed E-state index contributed by atoms with van der Waals surface area (Å²) in [4.78, 5) is 2.37. The van der Waals surface area contributed by atoms with Crippen molar-refractivity contribution in [3.8, 4) is 5.75 Å². The summed E-state index contributed by atoms with van der Waals surface area (Å²) < 4.78 is 41.4. The van der Waals surface area contributed by atoms with Crippen molar-refractivity contribution < 1.29 is 23.0 Å². The Bertz CT molecular complexity index is 799. The van der Waals surface area contributed by atoms with Crippen LogP contribution < -0.4 is 4.74 Å². The molecular formula is C21H22F3NO2. The lowest BCUT2D eigenvalue weighted by atomic mass is 9.74. The Morgan fingerprint density at radius 1 is 1.07 bits per heavy atom. The maximum Gasteiger partial charge on any atom is 0.573 e. The molecule has 1 aliphatic carbocycles.